The molecule has 1 aromatic rings. The van der Waals surface area contributed by atoms with Crippen LogP contribution < -0.4 is 4.74 Å². The molecule has 2 aliphatic heterocycles. The molecule has 156 valence electrons. The smallest absolute Gasteiger partial charge is 0.306 e. The van der Waals surface area contributed by atoms with Crippen molar-refractivity contribution in [2.24, 2.45) is 0 Å². The average molecular weight is 394 g/mol. The number of rotatable bonds is 8. The van der Waals surface area contributed by atoms with Crippen LogP contribution in [-0.4, -0.2) is 56.2 Å². The summed E-state index contributed by atoms with van der Waals surface area (Å²) in [5.41, 5.74) is 1.05. The topological polar surface area (TPSA) is 72.5 Å². The van der Waals surface area contributed by atoms with Gasteiger partial charge in [0.15, 0.2) is 11.6 Å². The van der Waals surface area contributed by atoms with Gasteiger partial charge in [0.05, 0.1) is 13.2 Å². The molecule has 2 heterocycles. The molecule has 0 amide bonds. The van der Waals surface area contributed by atoms with E-state index in [-0.39, 0.29) is 24.8 Å². The lowest BCUT2D eigenvalue weighted by molar-refractivity contribution is -0.158. The van der Waals surface area contributed by atoms with E-state index in [1.807, 2.05) is 52.0 Å². The Kier molecular flexibility index (Phi) is 6.60. The molecule has 0 unspecified atom stereocenters. The number of hydrogen-bond donors (Lipinski definition) is 0. The van der Waals surface area contributed by atoms with Crippen molar-refractivity contribution in [2.45, 2.75) is 64.3 Å². The minimum Gasteiger partial charge on any atom is -0.491 e. The number of ether oxygens (including phenoxy) is 6. The molecule has 0 radical (unpaired) electrons. The van der Waals surface area contributed by atoms with E-state index in [0.29, 0.717) is 32.7 Å². The van der Waals surface area contributed by atoms with E-state index < -0.39 is 11.6 Å². The van der Waals surface area contributed by atoms with Crippen molar-refractivity contribution < 1.29 is 33.2 Å². The van der Waals surface area contributed by atoms with Gasteiger partial charge < -0.3 is 28.4 Å². The fourth-order valence-corrected chi connectivity index (χ4v) is 3.14. The van der Waals surface area contributed by atoms with Gasteiger partial charge in [0.2, 0.25) is 0 Å². The zero-order valence-electron chi connectivity index (χ0n) is 17.1. The third-order valence-electron chi connectivity index (χ3n) is 4.54. The number of hydrogen-bond acceptors (Lipinski definition) is 7. The highest BCUT2D eigenvalue weighted by atomic mass is 16.8. The second kappa shape index (κ2) is 8.78. The molecule has 3 rings (SSSR count). The van der Waals surface area contributed by atoms with E-state index in [4.69, 9.17) is 28.4 Å². The fraction of sp³-hybridized carbons (Fsp3) is 0.667. The van der Waals surface area contributed by atoms with Crippen molar-refractivity contribution in [3.8, 4) is 5.75 Å². The Hall–Kier alpha value is -1.67. The normalized spacial score (nSPS) is 25.6. The summed E-state index contributed by atoms with van der Waals surface area (Å²) in [5, 5.41) is 0. The minimum absolute atomic E-state index is 0.0655. The Morgan fingerprint density at radius 2 is 1.54 bits per heavy atom. The van der Waals surface area contributed by atoms with Gasteiger partial charge in [-0.2, -0.15) is 0 Å². The Labute approximate surface area is 166 Å². The van der Waals surface area contributed by atoms with Crippen molar-refractivity contribution in [1.29, 1.82) is 0 Å². The second-order valence-electron chi connectivity index (χ2n) is 8.04. The van der Waals surface area contributed by atoms with Gasteiger partial charge in [-0.3, -0.25) is 4.79 Å². The van der Waals surface area contributed by atoms with Crippen molar-refractivity contribution in [3.63, 3.8) is 0 Å². The summed E-state index contributed by atoms with van der Waals surface area (Å²) >= 11 is 0. The first-order valence-electron chi connectivity index (χ1n) is 9.72. The summed E-state index contributed by atoms with van der Waals surface area (Å²) in [7, 11) is 0. The standard InChI is InChI=1S/C21H30O7/c1-20(2)25-13-17(27-20)11-23-16-8-5-15(6-9-16)7-10-19(22)24-12-18-14-26-21(3,4)28-18/h5-6,8-9,17-18H,7,10-14H2,1-4H3/t17-,18-/m0/s1. The molecule has 2 aliphatic rings. The molecule has 0 saturated carbocycles. The SMILES string of the molecule is CC1(C)OC[C@H](COC(=O)CCc2ccc(OC[C@H]3COC(C)(C)O3)cc2)O1. The lowest BCUT2D eigenvalue weighted by Gasteiger charge is -2.17. The van der Waals surface area contributed by atoms with Gasteiger partial charge in [0.25, 0.3) is 0 Å². The number of carbonyl (C=O) groups excluding carboxylic acids is 1. The quantitative estimate of drug-likeness (QED) is 0.628. The van der Waals surface area contributed by atoms with Gasteiger partial charge in [-0.25, -0.2) is 0 Å². The molecule has 28 heavy (non-hydrogen) atoms. The summed E-state index contributed by atoms with van der Waals surface area (Å²) in [4.78, 5) is 11.9. The minimum atomic E-state index is -0.603. The monoisotopic (exact) mass is 394 g/mol. The molecular weight excluding hydrogens is 364 g/mol. The van der Waals surface area contributed by atoms with Gasteiger partial charge >= 0.3 is 5.97 Å². The molecule has 0 bridgehead atoms. The van der Waals surface area contributed by atoms with Crippen LogP contribution in [0, 0.1) is 0 Å². The maximum Gasteiger partial charge on any atom is 0.306 e. The third kappa shape index (κ3) is 6.44. The molecule has 0 N–H and O–H groups in total. The predicted molar refractivity (Wildman–Crippen MR) is 101 cm³/mol. The van der Waals surface area contributed by atoms with E-state index in [1.54, 1.807) is 0 Å². The van der Waals surface area contributed by atoms with Crippen molar-refractivity contribution >= 4 is 5.97 Å². The first kappa shape index (κ1) is 21.0. The van der Waals surface area contributed by atoms with Crippen LogP contribution in [0.4, 0.5) is 0 Å². The summed E-state index contributed by atoms with van der Waals surface area (Å²) in [6.07, 6.45) is 0.666. The third-order valence-corrected chi connectivity index (χ3v) is 4.54. The predicted octanol–water partition coefficient (Wildman–Crippen LogP) is 2.84. The highest BCUT2D eigenvalue weighted by Gasteiger charge is 2.34. The van der Waals surface area contributed by atoms with Gasteiger partial charge in [0, 0.05) is 6.42 Å². The highest BCUT2D eigenvalue weighted by Crippen LogP contribution is 2.24. The van der Waals surface area contributed by atoms with E-state index in [9.17, 15) is 4.79 Å². The lowest BCUT2D eigenvalue weighted by Crippen LogP contribution is -2.25. The van der Waals surface area contributed by atoms with Gasteiger partial charge in [-0.1, -0.05) is 12.1 Å². The van der Waals surface area contributed by atoms with Gasteiger partial charge in [0.1, 0.15) is 31.2 Å². The van der Waals surface area contributed by atoms with Crippen molar-refractivity contribution in [1.82, 2.24) is 0 Å². The van der Waals surface area contributed by atoms with Crippen LogP contribution in [0.5, 0.6) is 5.75 Å². The summed E-state index contributed by atoms with van der Waals surface area (Å²) in [5.74, 6) is -0.622. The zero-order chi connectivity index (χ0) is 20.2. The molecule has 2 saturated heterocycles. The number of benzene rings is 1. The maximum absolute atomic E-state index is 11.9. The number of carbonyl (C=O) groups is 1. The first-order chi connectivity index (χ1) is 13.2. The van der Waals surface area contributed by atoms with Crippen LogP contribution in [0.15, 0.2) is 24.3 Å². The highest BCUT2D eigenvalue weighted by molar-refractivity contribution is 5.69. The van der Waals surface area contributed by atoms with E-state index in [1.165, 1.54) is 0 Å². The maximum atomic E-state index is 11.9. The average Bonchev–Trinajstić information content (AvgIpc) is 3.18. The first-order valence-corrected chi connectivity index (χ1v) is 9.72. The van der Waals surface area contributed by atoms with Crippen LogP contribution in [0.3, 0.4) is 0 Å². The molecule has 7 nitrogen and oxygen atoms in total. The Balaban J connectivity index is 1.33. The van der Waals surface area contributed by atoms with Crippen LogP contribution in [0.25, 0.3) is 0 Å². The summed E-state index contributed by atoms with van der Waals surface area (Å²) in [6, 6.07) is 7.70. The lowest BCUT2D eigenvalue weighted by atomic mass is 10.1. The zero-order valence-corrected chi connectivity index (χ0v) is 17.1. The summed E-state index contributed by atoms with van der Waals surface area (Å²) in [6.45, 7) is 9.11. The second-order valence-corrected chi connectivity index (χ2v) is 8.04. The molecular formula is C21H30O7. The van der Waals surface area contributed by atoms with Crippen molar-refractivity contribution in [2.75, 3.05) is 26.4 Å². The van der Waals surface area contributed by atoms with Crippen LogP contribution in [0.2, 0.25) is 0 Å². The summed E-state index contributed by atoms with van der Waals surface area (Å²) < 4.78 is 33.3. The van der Waals surface area contributed by atoms with E-state index in [2.05, 4.69) is 0 Å². The molecule has 7 heteroatoms. The molecule has 0 aromatic heterocycles. The van der Waals surface area contributed by atoms with Gasteiger partial charge in [-0.15, -0.1) is 0 Å². The Bertz CT molecular complexity index is 653. The number of esters is 1. The molecule has 2 fully saturated rings. The molecule has 0 spiro atoms. The molecule has 0 aliphatic carbocycles. The Morgan fingerprint density at radius 1 is 0.964 bits per heavy atom. The van der Waals surface area contributed by atoms with E-state index in [0.717, 1.165) is 11.3 Å². The molecule has 2 atom stereocenters. The van der Waals surface area contributed by atoms with Gasteiger partial charge in [-0.05, 0) is 51.8 Å². The largest absolute Gasteiger partial charge is 0.491 e. The van der Waals surface area contributed by atoms with Crippen LogP contribution >= 0.6 is 0 Å². The number of aryl methyl sites for hydroxylation is 1. The van der Waals surface area contributed by atoms with Crippen LogP contribution in [-0.2, 0) is 34.9 Å². The van der Waals surface area contributed by atoms with Crippen molar-refractivity contribution in [3.05, 3.63) is 29.8 Å². The van der Waals surface area contributed by atoms with Crippen LogP contribution in [0.1, 0.15) is 39.7 Å². The Morgan fingerprint density at radius 3 is 2.07 bits per heavy atom. The van der Waals surface area contributed by atoms with E-state index >= 15 is 0 Å². The fourth-order valence-electron chi connectivity index (χ4n) is 3.14. The molecule has 1 aromatic carbocycles.